The van der Waals surface area contributed by atoms with E-state index in [1.807, 2.05) is 37.3 Å². The lowest BCUT2D eigenvalue weighted by molar-refractivity contribution is 1.17. The van der Waals surface area contributed by atoms with E-state index in [-0.39, 0.29) is 5.28 Å². The van der Waals surface area contributed by atoms with Gasteiger partial charge in [-0.15, -0.1) is 0 Å². The summed E-state index contributed by atoms with van der Waals surface area (Å²) in [6.45, 7) is 6.25. The van der Waals surface area contributed by atoms with Crippen molar-refractivity contribution in [1.29, 1.82) is 0 Å². The van der Waals surface area contributed by atoms with Crippen molar-refractivity contribution >= 4 is 40.8 Å². The van der Waals surface area contributed by atoms with Gasteiger partial charge in [-0.2, -0.15) is 4.98 Å². The second-order valence-electron chi connectivity index (χ2n) is 5.92. The monoisotopic (exact) mass is 399 g/mol. The van der Waals surface area contributed by atoms with Gasteiger partial charge in [0.05, 0.1) is 6.20 Å². The van der Waals surface area contributed by atoms with Crippen molar-refractivity contribution in [3.8, 4) is 0 Å². The molecule has 0 aliphatic carbocycles. The predicted molar refractivity (Wildman–Crippen MR) is 118 cm³/mol. The number of hydrogen-bond donors (Lipinski definition) is 1. The van der Waals surface area contributed by atoms with Crippen molar-refractivity contribution in [3.63, 3.8) is 0 Å². The number of hydrogen-bond acceptors (Lipinski definition) is 3. The van der Waals surface area contributed by atoms with E-state index in [1.165, 1.54) is 17.3 Å². The summed E-state index contributed by atoms with van der Waals surface area (Å²) in [5, 5.41) is 3.74. The minimum absolute atomic E-state index is 0.149. The van der Waals surface area contributed by atoms with E-state index < -0.39 is 0 Å². The van der Waals surface area contributed by atoms with Gasteiger partial charge < -0.3 is 5.32 Å². The summed E-state index contributed by atoms with van der Waals surface area (Å²) in [5.41, 5.74) is 4.33. The lowest BCUT2D eigenvalue weighted by Gasteiger charge is -2.08. The fourth-order valence-electron chi connectivity index (χ4n) is 2.47. The maximum atomic E-state index is 6.12. The minimum atomic E-state index is 0.149. The summed E-state index contributed by atoms with van der Waals surface area (Å²) >= 11 is 12.0. The molecule has 0 aliphatic heterocycles. The summed E-state index contributed by atoms with van der Waals surface area (Å²) in [7, 11) is 0. The fraction of sp³-hybridized carbons (Fsp3) is 0.182. The highest BCUT2D eigenvalue weighted by atomic mass is 35.5. The number of rotatable bonds is 7. The Labute approximate surface area is 171 Å². The highest BCUT2D eigenvalue weighted by Gasteiger charge is 2.04. The SMILES string of the molecule is C\C=C/C(C)=C\C(\C=C/c1cccc(Nc2nc(Cl)ncc2Cl)c1)=C\CC. The third kappa shape index (κ3) is 7.05. The molecule has 140 valence electrons. The molecule has 0 bridgehead atoms. The largest absolute Gasteiger partial charge is 0.339 e. The van der Waals surface area contributed by atoms with Crippen LogP contribution in [0.1, 0.15) is 32.8 Å². The van der Waals surface area contributed by atoms with Crippen LogP contribution in [0.15, 0.2) is 72.0 Å². The van der Waals surface area contributed by atoms with E-state index in [0.717, 1.165) is 17.7 Å². The highest BCUT2D eigenvalue weighted by molar-refractivity contribution is 6.33. The zero-order chi connectivity index (χ0) is 19.6. The molecule has 3 nitrogen and oxygen atoms in total. The molecule has 0 unspecified atom stereocenters. The molecule has 2 rings (SSSR count). The molecule has 2 aromatic rings. The Morgan fingerprint density at radius 3 is 2.78 bits per heavy atom. The average molecular weight is 400 g/mol. The standard InChI is InChI=1S/C22H23Cl2N3/c1-4-7-16(3)13-17(8-5-2)11-12-18-9-6-10-19(14-18)26-21-20(23)15-25-22(24)27-21/h4,6-15H,5H2,1-3H3,(H,25,26,27)/b7-4-,12-11-,16-13-,17-8+. The lowest BCUT2D eigenvalue weighted by Crippen LogP contribution is -1.96. The number of allylic oxidation sites excluding steroid dienone is 7. The van der Waals surface area contributed by atoms with Crippen LogP contribution in [0.5, 0.6) is 0 Å². The van der Waals surface area contributed by atoms with Gasteiger partial charge in [0.15, 0.2) is 5.82 Å². The summed E-state index contributed by atoms with van der Waals surface area (Å²) in [6, 6.07) is 7.99. The van der Waals surface area contributed by atoms with Gasteiger partial charge >= 0.3 is 0 Å². The summed E-state index contributed by atoms with van der Waals surface area (Å²) in [5.74, 6) is 0.481. The zero-order valence-electron chi connectivity index (χ0n) is 15.7. The number of halogens is 2. The number of benzene rings is 1. The molecule has 0 radical (unpaired) electrons. The smallest absolute Gasteiger partial charge is 0.224 e. The van der Waals surface area contributed by atoms with Crippen LogP contribution in [0, 0.1) is 0 Å². The zero-order valence-corrected chi connectivity index (χ0v) is 17.2. The maximum absolute atomic E-state index is 6.12. The highest BCUT2D eigenvalue weighted by Crippen LogP contribution is 2.24. The van der Waals surface area contributed by atoms with Crippen LogP contribution in [0.25, 0.3) is 6.08 Å². The van der Waals surface area contributed by atoms with Gasteiger partial charge in [0.1, 0.15) is 5.02 Å². The molecule has 0 aliphatic rings. The first-order chi connectivity index (χ1) is 13.0. The van der Waals surface area contributed by atoms with Crippen LogP contribution in [0.2, 0.25) is 10.3 Å². The molecule has 0 atom stereocenters. The van der Waals surface area contributed by atoms with E-state index in [1.54, 1.807) is 0 Å². The van der Waals surface area contributed by atoms with Crippen molar-refractivity contribution in [2.24, 2.45) is 0 Å². The first kappa shape index (κ1) is 20.9. The Morgan fingerprint density at radius 1 is 1.22 bits per heavy atom. The van der Waals surface area contributed by atoms with Crippen molar-refractivity contribution in [2.45, 2.75) is 27.2 Å². The molecule has 0 spiro atoms. The number of nitrogens with zero attached hydrogens (tertiary/aromatic N) is 2. The molecule has 0 saturated heterocycles. The first-order valence-electron chi connectivity index (χ1n) is 8.76. The van der Waals surface area contributed by atoms with Gasteiger partial charge in [0.25, 0.3) is 0 Å². The topological polar surface area (TPSA) is 37.8 Å². The lowest BCUT2D eigenvalue weighted by atomic mass is 10.1. The minimum Gasteiger partial charge on any atom is -0.339 e. The predicted octanol–water partition coefficient (Wildman–Crippen LogP) is 7.40. The maximum Gasteiger partial charge on any atom is 0.224 e. The number of aromatic nitrogens is 2. The average Bonchev–Trinajstić information content (AvgIpc) is 2.63. The van der Waals surface area contributed by atoms with Crippen molar-refractivity contribution in [3.05, 3.63) is 87.9 Å². The summed E-state index contributed by atoms with van der Waals surface area (Å²) in [4.78, 5) is 7.97. The normalized spacial score (nSPS) is 12.9. The van der Waals surface area contributed by atoms with Gasteiger partial charge in [0.2, 0.25) is 5.28 Å². The quantitative estimate of drug-likeness (QED) is 0.389. The van der Waals surface area contributed by atoms with Crippen LogP contribution in [0.4, 0.5) is 11.5 Å². The third-order valence-electron chi connectivity index (χ3n) is 3.60. The van der Waals surface area contributed by atoms with E-state index >= 15 is 0 Å². The van der Waals surface area contributed by atoms with E-state index in [2.05, 4.69) is 59.5 Å². The van der Waals surface area contributed by atoms with Gasteiger partial charge in [-0.3, -0.25) is 0 Å². The molecular weight excluding hydrogens is 377 g/mol. The van der Waals surface area contributed by atoms with Crippen LogP contribution in [-0.2, 0) is 0 Å². The Balaban J connectivity index is 2.21. The molecule has 1 heterocycles. The molecule has 5 heteroatoms. The van der Waals surface area contributed by atoms with Crippen LogP contribution < -0.4 is 5.32 Å². The number of anilines is 2. The Bertz CT molecular complexity index is 896. The van der Waals surface area contributed by atoms with Crippen LogP contribution in [0.3, 0.4) is 0 Å². The van der Waals surface area contributed by atoms with Crippen molar-refractivity contribution in [2.75, 3.05) is 5.32 Å². The molecule has 1 aromatic carbocycles. The van der Waals surface area contributed by atoms with E-state index in [4.69, 9.17) is 23.2 Å². The molecule has 1 N–H and O–H groups in total. The third-order valence-corrected chi connectivity index (χ3v) is 4.05. The Kier molecular flexibility index (Phi) is 8.31. The van der Waals surface area contributed by atoms with Crippen LogP contribution >= 0.6 is 23.2 Å². The molecule has 1 aromatic heterocycles. The van der Waals surface area contributed by atoms with E-state index in [0.29, 0.717) is 10.8 Å². The van der Waals surface area contributed by atoms with Crippen molar-refractivity contribution in [1.82, 2.24) is 9.97 Å². The van der Waals surface area contributed by atoms with Gasteiger partial charge in [-0.05, 0) is 55.1 Å². The van der Waals surface area contributed by atoms with Gasteiger partial charge in [-0.1, -0.05) is 72.7 Å². The van der Waals surface area contributed by atoms with Crippen LogP contribution in [-0.4, -0.2) is 9.97 Å². The summed E-state index contributed by atoms with van der Waals surface area (Å²) < 4.78 is 0. The summed E-state index contributed by atoms with van der Waals surface area (Å²) in [6.07, 6.45) is 15.2. The molecular formula is C22H23Cl2N3. The molecule has 0 fully saturated rings. The Morgan fingerprint density at radius 2 is 2.04 bits per heavy atom. The molecule has 0 saturated carbocycles. The second-order valence-corrected chi connectivity index (χ2v) is 6.67. The van der Waals surface area contributed by atoms with Gasteiger partial charge in [-0.25, -0.2) is 4.98 Å². The Hall–Kier alpha value is -2.36. The van der Waals surface area contributed by atoms with E-state index in [9.17, 15) is 0 Å². The molecule has 0 amide bonds. The van der Waals surface area contributed by atoms with Gasteiger partial charge in [0, 0.05) is 5.69 Å². The first-order valence-corrected chi connectivity index (χ1v) is 9.51. The fourth-order valence-corrected chi connectivity index (χ4v) is 2.74. The number of nitrogens with one attached hydrogen (secondary N) is 1. The van der Waals surface area contributed by atoms with Crippen molar-refractivity contribution < 1.29 is 0 Å². The molecule has 27 heavy (non-hydrogen) atoms. The second kappa shape index (κ2) is 10.7.